The molecule has 0 fully saturated rings. The largest absolute Gasteiger partial charge is 0.369 e. The van der Waals surface area contributed by atoms with Gasteiger partial charge in [0.1, 0.15) is 0 Å². The summed E-state index contributed by atoms with van der Waals surface area (Å²) >= 11 is 1.56. The van der Waals surface area contributed by atoms with Crippen LogP contribution in [0.15, 0.2) is 36.4 Å². The molecule has 6 N–H and O–H groups in total. The molecule has 33 heavy (non-hydrogen) atoms. The van der Waals surface area contributed by atoms with E-state index >= 15 is 0 Å². The van der Waals surface area contributed by atoms with Gasteiger partial charge in [-0.3, -0.25) is 4.79 Å². The maximum absolute atomic E-state index is 14.9. The van der Waals surface area contributed by atoms with E-state index in [0.717, 1.165) is 9.13 Å². The first-order valence-electron chi connectivity index (χ1n) is 9.59. The van der Waals surface area contributed by atoms with E-state index in [1.54, 1.807) is 34.7 Å². The van der Waals surface area contributed by atoms with E-state index in [1.165, 1.54) is 24.3 Å². The lowest BCUT2D eigenvalue weighted by Gasteiger charge is -2.28. The lowest BCUT2D eigenvalue weighted by atomic mass is 10.1. The molecular weight excluding hydrogens is 557 g/mol. The monoisotopic (exact) mass is 575 g/mol. The number of nitrogen functional groups attached to an aromatic ring is 2. The highest BCUT2D eigenvalue weighted by molar-refractivity contribution is 14.1. The smallest absolute Gasteiger partial charge is 0.329 e. The fourth-order valence-corrected chi connectivity index (χ4v) is 3.89. The van der Waals surface area contributed by atoms with Crippen LogP contribution in [0.25, 0.3) is 22.1 Å². The summed E-state index contributed by atoms with van der Waals surface area (Å²) < 4.78 is 61.0. The maximum Gasteiger partial charge on any atom is 0.329 e. The molecule has 13 heteroatoms. The fourth-order valence-electron chi connectivity index (χ4n) is 3.55. The van der Waals surface area contributed by atoms with Crippen molar-refractivity contribution in [2.45, 2.75) is 31.5 Å². The van der Waals surface area contributed by atoms with Crippen LogP contribution in [0.4, 0.5) is 29.5 Å². The summed E-state index contributed by atoms with van der Waals surface area (Å²) in [5.41, 5.74) is 18.7. The highest BCUT2D eigenvalue weighted by Gasteiger charge is 2.57. The molecule has 0 radical (unpaired) electrons. The van der Waals surface area contributed by atoms with Gasteiger partial charge in [-0.05, 0) is 35.9 Å². The summed E-state index contributed by atoms with van der Waals surface area (Å²) in [4.78, 5) is 19.4. The zero-order valence-electron chi connectivity index (χ0n) is 16.9. The molecule has 2 aromatic carbocycles. The van der Waals surface area contributed by atoms with E-state index < -0.39 is 24.9 Å². The Bertz CT molecular complexity index is 1380. The third-order valence-electron chi connectivity index (χ3n) is 5.33. The number of rotatable bonds is 7. The minimum Gasteiger partial charge on any atom is -0.369 e. The fraction of sp³-hybridized carbons (Fsp3) is 0.250. The summed E-state index contributed by atoms with van der Waals surface area (Å²) in [6.45, 7) is -2.63. The van der Waals surface area contributed by atoms with Gasteiger partial charge in [0.2, 0.25) is 15.7 Å². The van der Waals surface area contributed by atoms with E-state index in [4.69, 9.17) is 17.2 Å². The van der Waals surface area contributed by atoms with Crippen LogP contribution in [-0.4, -0.2) is 34.7 Å². The lowest BCUT2D eigenvalue weighted by Crippen LogP contribution is -2.47. The minimum atomic E-state index is -4.52. The van der Waals surface area contributed by atoms with Gasteiger partial charge < -0.3 is 26.3 Å². The van der Waals surface area contributed by atoms with Crippen LogP contribution < -0.4 is 17.2 Å². The summed E-state index contributed by atoms with van der Waals surface area (Å²) in [7, 11) is 0. The Morgan fingerprint density at radius 3 is 1.85 bits per heavy atom. The normalized spacial score (nSPS) is 12.7. The van der Waals surface area contributed by atoms with Crippen LogP contribution in [-0.2, 0) is 19.6 Å². The quantitative estimate of drug-likeness (QED) is 0.176. The van der Waals surface area contributed by atoms with Gasteiger partial charge in [0, 0.05) is 34.7 Å². The van der Waals surface area contributed by atoms with Crippen molar-refractivity contribution in [2.24, 2.45) is 5.73 Å². The van der Waals surface area contributed by atoms with Gasteiger partial charge in [-0.25, -0.2) is 9.97 Å². The number of halogens is 5. The molecule has 0 aliphatic heterocycles. The molecule has 0 unspecified atom stereocenters. The van der Waals surface area contributed by atoms with Gasteiger partial charge in [-0.15, -0.1) is 0 Å². The lowest BCUT2D eigenvalue weighted by molar-refractivity contribution is -0.220. The number of carbonyl (C=O) groups is 1. The number of anilines is 2. The molecule has 4 aromatic rings. The highest BCUT2D eigenvalue weighted by Crippen LogP contribution is 2.39. The SMILES string of the molecule is NCc1ccc2c(c1)nc(N)n2CC(F)(F)C(F)(F)Cn1c(N)nc2cc(C(=O)I)ccc21. The first-order chi connectivity index (χ1) is 15.4. The number of nitrogens with zero attached hydrogens (tertiary/aromatic N) is 4. The Hall–Kier alpha value is -2.94. The summed E-state index contributed by atoms with van der Waals surface area (Å²) in [5.74, 6) is -9.73. The zero-order chi connectivity index (χ0) is 24.1. The zero-order valence-corrected chi connectivity index (χ0v) is 19.1. The molecule has 174 valence electrons. The molecule has 0 saturated carbocycles. The maximum atomic E-state index is 14.9. The Morgan fingerprint density at radius 2 is 1.36 bits per heavy atom. The predicted octanol–water partition coefficient (Wildman–Crippen LogP) is 3.56. The predicted molar refractivity (Wildman–Crippen MR) is 124 cm³/mol. The van der Waals surface area contributed by atoms with Gasteiger partial charge in [0.25, 0.3) is 0 Å². The summed E-state index contributed by atoms with van der Waals surface area (Å²) in [5, 5.41) is 0. The number of carbonyl (C=O) groups excluding carboxylic acids is 1. The highest BCUT2D eigenvalue weighted by atomic mass is 127. The van der Waals surface area contributed by atoms with Gasteiger partial charge in [0.15, 0.2) is 0 Å². The first-order valence-corrected chi connectivity index (χ1v) is 10.7. The number of hydrogen-bond acceptors (Lipinski definition) is 6. The first kappa shape index (κ1) is 23.2. The number of hydrogen-bond donors (Lipinski definition) is 3. The van der Waals surface area contributed by atoms with Crippen molar-refractivity contribution < 1.29 is 22.4 Å². The van der Waals surface area contributed by atoms with Crippen molar-refractivity contribution in [1.29, 1.82) is 0 Å². The average Bonchev–Trinajstić information content (AvgIpc) is 3.22. The van der Waals surface area contributed by atoms with E-state index in [1.807, 2.05) is 0 Å². The average molecular weight is 575 g/mol. The molecule has 8 nitrogen and oxygen atoms in total. The number of aromatic nitrogens is 4. The topological polar surface area (TPSA) is 131 Å². The van der Waals surface area contributed by atoms with Crippen molar-refractivity contribution >= 4 is 60.3 Å². The molecule has 0 bridgehead atoms. The van der Waals surface area contributed by atoms with E-state index in [0.29, 0.717) is 5.56 Å². The molecular formula is C20H18F4IN7O. The molecule has 2 heterocycles. The van der Waals surface area contributed by atoms with Gasteiger partial charge >= 0.3 is 11.8 Å². The van der Waals surface area contributed by atoms with Crippen LogP contribution in [0.2, 0.25) is 0 Å². The molecule has 0 amide bonds. The standard InChI is InChI=1S/C20H18F4IN7O/c21-19(22,8-31-14-3-1-10(7-26)5-12(14)29-17(31)27)20(23,24)9-32-15-4-2-11(16(25)33)6-13(15)30-18(32)28/h1-6H,7-9,26H2,(H2,27,29)(H2,28,30). The second-order valence-corrected chi connectivity index (χ2v) is 8.51. The Balaban J connectivity index is 1.67. The van der Waals surface area contributed by atoms with E-state index in [2.05, 4.69) is 9.97 Å². The number of nitrogens with two attached hydrogens (primary N) is 3. The molecule has 0 spiro atoms. The van der Waals surface area contributed by atoms with Crippen LogP contribution in [0.5, 0.6) is 0 Å². The van der Waals surface area contributed by atoms with Crippen molar-refractivity contribution in [3.8, 4) is 0 Å². The van der Waals surface area contributed by atoms with E-state index in [-0.39, 0.29) is 49.9 Å². The van der Waals surface area contributed by atoms with Crippen molar-refractivity contribution in [1.82, 2.24) is 19.1 Å². The van der Waals surface area contributed by atoms with E-state index in [9.17, 15) is 22.4 Å². The van der Waals surface area contributed by atoms with Crippen LogP contribution >= 0.6 is 22.6 Å². The number of alkyl halides is 4. The van der Waals surface area contributed by atoms with Crippen molar-refractivity contribution in [3.05, 3.63) is 47.5 Å². The van der Waals surface area contributed by atoms with Gasteiger partial charge in [0.05, 0.1) is 35.2 Å². The molecule has 0 aliphatic rings. The second kappa shape index (κ2) is 8.13. The Labute approximate surface area is 197 Å². The number of imidazole rings is 2. The van der Waals surface area contributed by atoms with Crippen LogP contribution in [0, 0.1) is 0 Å². The summed E-state index contributed by atoms with van der Waals surface area (Å²) in [6, 6.07) is 8.70. The number of fused-ring (bicyclic) bond motifs is 2. The Morgan fingerprint density at radius 1 is 0.879 bits per heavy atom. The molecule has 4 rings (SSSR count). The minimum absolute atomic E-state index is 0.103. The molecule has 2 aromatic heterocycles. The second-order valence-electron chi connectivity index (χ2n) is 7.53. The van der Waals surface area contributed by atoms with Crippen molar-refractivity contribution in [3.63, 3.8) is 0 Å². The van der Waals surface area contributed by atoms with Gasteiger partial charge in [-0.1, -0.05) is 6.07 Å². The molecule has 0 atom stereocenters. The van der Waals surface area contributed by atoms with Gasteiger partial charge in [-0.2, -0.15) is 17.6 Å². The molecule has 0 aliphatic carbocycles. The number of benzene rings is 2. The third kappa shape index (κ3) is 4.10. The molecule has 0 saturated heterocycles. The summed E-state index contributed by atoms with van der Waals surface area (Å²) in [6.07, 6.45) is 0. The Kier molecular flexibility index (Phi) is 5.72. The van der Waals surface area contributed by atoms with Crippen LogP contribution in [0.3, 0.4) is 0 Å². The third-order valence-corrected chi connectivity index (χ3v) is 5.95. The van der Waals surface area contributed by atoms with Crippen LogP contribution in [0.1, 0.15) is 15.9 Å². The van der Waals surface area contributed by atoms with Crippen molar-refractivity contribution in [2.75, 3.05) is 11.5 Å².